The van der Waals surface area contributed by atoms with E-state index in [-0.39, 0.29) is 5.91 Å². The van der Waals surface area contributed by atoms with E-state index >= 15 is 0 Å². The van der Waals surface area contributed by atoms with Gasteiger partial charge in [0.05, 0.1) is 19.2 Å². The standard InChI is InChI=1S/C19H16ClNO3S/c1-23-17-6-2-3-7-18(17)24-16-9-8-13(20)11-15(16)21-19(22)12-14-5-4-10-25-14/h2-11H,12H2,1H3,(H,21,22). The fourth-order valence-electron chi connectivity index (χ4n) is 2.28. The molecule has 6 heteroatoms. The predicted octanol–water partition coefficient (Wildman–Crippen LogP) is 5.38. The fourth-order valence-corrected chi connectivity index (χ4v) is 3.15. The van der Waals surface area contributed by atoms with Crippen LogP contribution in [0.3, 0.4) is 0 Å². The smallest absolute Gasteiger partial charge is 0.229 e. The van der Waals surface area contributed by atoms with Gasteiger partial charge in [-0.1, -0.05) is 29.8 Å². The maximum absolute atomic E-state index is 12.3. The van der Waals surface area contributed by atoms with Crippen LogP contribution < -0.4 is 14.8 Å². The Hall–Kier alpha value is -2.50. The van der Waals surface area contributed by atoms with Gasteiger partial charge in [0.2, 0.25) is 5.91 Å². The van der Waals surface area contributed by atoms with Crippen LogP contribution in [0.2, 0.25) is 5.02 Å². The number of methoxy groups -OCH3 is 1. The van der Waals surface area contributed by atoms with Crippen molar-refractivity contribution in [3.63, 3.8) is 0 Å². The summed E-state index contributed by atoms with van der Waals surface area (Å²) in [6.07, 6.45) is 0.304. The van der Waals surface area contributed by atoms with E-state index in [1.165, 1.54) is 0 Å². The van der Waals surface area contributed by atoms with Crippen molar-refractivity contribution in [3.05, 3.63) is 69.9 Å². The van der Waals surface area contributed by atoms with Gasteiger partial charge in [0.1, 0.15) is 0 Å². The number of nitrogens with one attached hydrogen (secondary N) is 1. The van der Waals surface area contributed by atoms with Gasteiger partial charge in [-0.25, -0.2) is 0 Å². The molecule has 0 bridgehead atoms. The summed E-state index contributed by atoms with van der Waals surface area (Å²) >= 11 is 7.62. The van der Waals surface area contributed by atoms with Crippen molar-refractivity contribution in [1.29, 1.82) is 0 Å². The van der Waals surface area contributed by atoms with Crippen LogP contribution in [0.4, 0.5) is 5.69 Å². The number of benzene rings is 2. The maximum atomic E-state index is 12.3. The van der Waals surface area contributed by atoms with Crippen LogP contribution in [0.15, 0.2) is 60.0 Å². The first-order valence-corrected chi connectivity index (χ1v) is 8.84. The minimum atomic E-state index is -0.130. The lowest BCUT2D eigenvalue weighted by Crippen LogP contribution is -2.14. The zero-order chi connectivity index (χ0) is 17.6. The highest BCUT2D eigenvalue weighted by atomic mass is 35.5. The third kappa shape index (κ3) is 4.53. The van der Waals surface area contributed by atoms with Gasteiger partial charge < -0.3 is 14.8 Å². The molecular weight excluding hydrogens is 358 g/mol. The second-order valence-corrected chi connectivity index (χ2v) is 6.67. The van der Waals surface area contributed by atoms with Crippen LogP contribution >= 0.6 is 22.9 Å². The molecule has 0 fully saturated rings. The largest absolute Gasteiger partial charge is 0.493 e. The second-order valence-electron chi connectivity index (χ2n) is 5.20. The maximum Gasteiger partial charge on any atom is 0.229 e. The quantitative estimate of drug-likeness (QED) is 0.630. The average molecular weight is 374 g/mol. The summed E-state index contributed by atoms with van der Waals surface area (Å²) in [5, 5.41) is 5.32. The average Bonchev–Trinajstić information content (AvgIpc) is 3.10. The molecule has 1 heterocycles. The van der Waals surface area contributed by atoms with Crippen molar-refractivity contribution in [3.8, 4) is 17.2 Å². The molecule has 0 unspecified atom stereocenters. The van der Waals surface area contributed by atoms with Gasteiger partial charge in [0.25, 0.3) is 0 Å². The molecule has 1 amide bonds. The molecule has 0 spiro atoms. The van der Waals surface area contributed by atoms with Crippen LogP contribution in [-0.2, 0) is 11.2 Å². The number of hydrogen-bond acceptors (Lipinski definition) is 4. The third-order valence-corrected chi connectivity index (χ3v) is 4.53. The monoisotopic (exact) mass is 373 g/mol. The van der Waals surface area contributed by atoms with Gasteiger partial charge in [0.15, 0.2) is 17.2 Å². The van der Waals surface area contributed by atoms with E-state index in [1.54, 1.807) is 48.8 Å². The van der Waals surface area contributed by atoms with Gasteiger partial charge in [-0.05, 0) is 41.8 Å². The fraction of sp³-hybridized carbons (Fsp3) is 0.105. The molecular formula is C19H16ClNO3S. The van der Waals surface area contributed by atoms with Crippen molar-refractivity contribution in [2.45, 2.75) is 6.42 Å². The number of para-hydroxylation sites is 2. The molecule has 128 valence electrons. The van der Waals surface area contributed by atoms with Crippen molar-refractivity contribution >= 4 is 34.5 Å². The highest BCUT2D eigenvalue weighted by molar-refractivity contribution is 7.10. The summed E-state index contributed by atoms with van der Waals surface area (Å²) in [5.41, 5.74) is 0.514. The van der Waals surface area contributed by atoms with E-state index in [9.17, 15) is 4.79 Å². The molecule has 3 aromatic rings. The van der Waals surface area contributed by atoms with Crippen molar-refractivity contribution in [2.75, 3.05) is 12.4 Å². The van der Waals surface area contributed by atoms with Crippen LogP contribution in [0.1, 0.15) is 4.88 Å². The van der Waals surface area contributed by atoms with E-state index in [0.717, 1.165) is 4.88 Å². The lowest BCUT2D eigenvalue weighted by Gasteiger charge is -2.14. The summed E-state index contributed by atoms with van der Waals surface area (Å²) in [6, 6.07) is 16.2. The lowest BCUT2D eigenvalue weighted by molar-refractivity contribution is -0.115. The van der Waals surface area contributed by atoms with Crippen LogP contribution in [0.25, 0.3) is 0 Å². The number of ether oxygens (including phenoxy) is 2. The number of hydrogen-bond donors (Lipinski definition) is 1. The summed E-state index contributed by atoms with van der Waals surface area (Å²) in [4.78, 5) is 13.3. The topological polar surface area (TPSA) is 47.6 Å². The number of carbonyl (C=O) groups excluding carboxylic acids is 1. The number of halogens is 1. The van der Waals surface area contributed by atoms with Crippen LogP contribution in [0.5, 0.6) is 17.2 Å². The Balaban J connectivity index is 1.81. The zero-order valence-electron chi connectivity index (χ0n) is 13.5. The molecule has 0 saturated carbocycles. The molecule has 1 N–H and O–H groups in total. The van der Waals surface area contributed by atoms with Crippen LogP contribution in [-0.4, -0.2) is 13.0 Å². The summed E-state index contributed by atoms with van der Waals surface area (Å²) in [7, 11) is 1.58. The first kappa shape index (κ1) is 17.3. The molecule has 3 rings (SSSR count). The highest BCUT2D eigenvalue weighted by Crippen LogP contribution is 2.36. The summed E-state index contributed by atoms with van der Waals surface area (Å²) in [6.45, 7) is 0. The van der Waals surface area contributed by atoms with E-state index in [2.05, 4.69) is 5.32 Å². The molecule has 0 aliphatic carbocycles. The zero-order valence-corrected chi connectivity index (χ0v) is 15.1. The molecule has 0 saturated heterocycles. The molecule has 0 aliphatic heterocycles. The van der Waals surface area contributed by atoms with E-state index in [0.29, 0.717) is 34.4 Å². The Bertz CT molecular complexity index is 865. The number of thiophene rings is 1. The molecule has 0 atom stereocenters. The van der Waals surface area contributed by atoms with Gasteiger partial charge in [-0.2, -0.15) is 0 Å². The predicted molar refractivity (Wildman–Crippen MR) is 101 cm³/mol. The minimum absolute atomic E-state index is 0.130. The van der Waals surface area contributed by atoms with Gasteiger partial charge in [-0.3, -0.25) is 4.79 Å². The number of amides is 1. The van der Waals surface area contributed by atoms with E-state index < -0.39 is 0 Å². The third-order valence-electron chi connectivity index (χ3n) is 3.42. The first-order chi connectivity index (χ1) is 12.2. The van der Waals surface area contributed by atoms with E-state index in [1.807, 2.05) is 29.6 Å². The Morgan fingerprint density at radius 3 is 2.60 bits per heavy atom. The Morgan fingerprint density at radius 1 is 1.08 bits per heavy atom. The number of anilines is 1. The minimum Gasteiger partial charge on any atom is -0.493 e. The first-order valence-electron chi connectivity index (χ1n) is 7.58. The normalized spacial score (nSPS) is 10.3. The van der Waals surface area contributed by atoms with Crippen molar-refractivity contribution in [1.82, 2.24) is 0 Å². The summed E-state index contributed by atoms with van der Waals surface area (Å²) < 4.78 is 11.2. The van der Waals surface area contributed by atoms with Crippen LogP contribution in [0, 0.1) is 0 Å². The van der Waals surface area contributed by atoms with Gasteiger partial charge in [-0.15, -0.1) is 11.3 Å². The second kappa shape index (κ2) is 8.05. The molecule has 25 heavy (non-hydrogen) atoms. The molecule has 0 aliphatic rings. The Labute approximate surface area is 155 Å². The molecule has 1 aromatic heterocycles. The van der Waals surface area contributed by atoms with Gasteiger partial charge in [0, 0.05) is 9.90 Å². The Kier molecular flexibility index (Phi) is 5.58. The van der Waals surface area contributed by atoms with E-state index in [4.69, 9.17) is 21.1 Å². The number of rotatable bonds is 6. The molecule has 2 aromatic carbocycles. The summed E-state index contributed by atoms with van der Waals surface area (Å²) in [5.74, 6) is 1.53. The lowest BCUT2D eigenvalue weighted by atomic mass is 10.2. The van der Waals surface area contributed by atoms with Crippen molar-refractivity contribution in [2.24, 2.45) is 0 Å². The van der Waals surface area contributed by atoms with Gasteiger partial charge >= 0.3 is 0 Å². The highest BCUT2D eigenvalue weighted by Gasteiger charge is 2.12. The SMILES string of the molecule is COc1ccccc1Oc1ccc(Cl)cc1NC(=O)Cc1cccs1. The molecule has 0 radical (unpaired) electrons. The molecule has 4 nitrogen and oxygen atoms in total. The Morgan fingerprint density at radius 2 is 1.88 bits per heavy atom. The van der Waals surface area contributed by atoms with Crippen molar-refractivity contribution < 1.29 is 14.3 Å². The number of carbonyl (C=O) groups is 1.